The van der Waals surface area contributed by atoms with E-state index in [1.807, 2.05) is 0 Å². The van der Waals surface area contributed by atoms with Crippen LogP contribution in [0.2, 0.25) is 0 Å². The molecule has 0 aliphatic heterocycles. The number of hydrogen-bond acceptors (Lipinski definition) is 0. The van der Waals surface area contributed by atoms with E-state index in [0.29, 0.717) is 0 Å². The van der Waals surface area contributed by atoms with Gasteiger partial charge in [0.2, 0.25) is 0 Å². The summed E-state index contributed by atoms with van der Waals surface area (Å²) in [6.07, 6.45) is 27.0. The maximum absolute atomic E-state index is 2.29. The first kappa shape index (κ1) is 13.3. The summed E-state index contributed by atoms with van der Waals surface area (Å²) in [5.74, 6) is 0. The van der Waals surface area contributed by atoms with Crippen LogP contribution in [0.25, 0.3) is 0 Å². The van der Waals surface area contributed by atoms with E-state index in [0.717, 1.165) is 0 Å². The van der Waals surface area contributed by atoms with Crippen molar-refractivity contribution in [1.82, 2.24) is 0 Å². The van der Waals surface area contributed by atoms with Gasteiger partial charge in [0.05, 0.1) is 0 Å². The van der Waals surface area contributed by atoms with E-state index < -0.39 is 0 Å². The molecular formula is C16H26. The summed E-state index contributed by atoms with van der Waals surface area (Å²) in [6, 6.07) is 0. The molecule has 1 rings (SSSR count). The third-order valence-corrected chi connectivity index (χ3v) is 3.10. The van der Waals surface area contributed by atoms with Crippen LogP contribution in [-0.4, -0.2) is 0 Å². The SMILES string of the molecule is C1=CC=CCCCCCCCCCCC=C1. The van der Waals surface area contributed by atoms with Gasteiger partial charge in [-0.3, -0.25) is 0 Å². The average molecular weight is 218 g/mol. The molecule has 0 N–H and O–H groups in total. The fourth-order valence-electron chi connectivity index (χ4n) is 2.06. The molecule has 0 aromatic heterocycles. The smallest absolute Gasteiger partial charge is 0.0348 e. The van der Waals surface area contributed by atoms with Crippen molar-refractivity contribution in [3.8, 4) is 0 Å². The Bertz CT molecular complexity index is 196. The number of allylic oxidation sites excluding steroid dienone is 6. The molecule has 0 heterocycles. The third-order valence-electron chi connectivity index (χ3n) is 3.10. The molecule has 16 heavy (non-hydrogen) atoms. The van der Waals surface area contributed by atoms with Crippen molar-refractivity contribution in [2.45, 2.75) is 64.2 Å². The molecule has 0 nitrogen and oxygen atoms in total. The summed E-state index contributed by atoms with van der Waals surface area (Å²) in [7, 11) is 0. The Hall–Kier alpha value is -0.780. The van der Waals surface area contributed by atoms with E-state index in [9.17, 15) is 0 Å². The van der Waals surface area contributed by atoms with Crippen molar-refractivity contribution in [2.75, 3.05) is 0 Å². The highest BCUT2D eigenvalue weighted by atomic mass is 14.0. The van der Waals surface area contributed by atoms with Gasteiger partial charge in [-0.05, 0) is 25.7 Å². The third kappa shape index (κ3) is 8.52. The van der Waals surface area contributed by atoms with Gasteiger partial charge in [-0.15, -0.1) is 0 Å². The first-order valence-electron chi connectivity index (χ1n) is 6.98. The maximum Gasteiger partial charge on any atom is -0.0348 e. The normalized spacial score (nSPS) is 21.0. The van der Waals surface area contributed by atoms with Crippen LogP contribution in [0.3, 0.4) is 0 Å². The molecule has 0 fully saturated rings. The monoisotopic (exact) mass is 218 g/mol. The quantitative estimate of drug-likeness (QED) is 0.498. The molecule has 1 aliphatic rings. The van der Waals surface area contributed by atoms with E-state index in [2.05, 4.69) is 36.5 Å². The van der Waals surface area contributed by atoms with Crippen LogP contribution >= 0.6 is 0 Å². The van der Waals surface area contributed by atoms with Gasteiger partial charge in [0, 0.05) is 0 Å². The maximum atomic E-state index is 2.29. The molecule has 0 unspecified atom stereocenters. The van der Waals surface area contributed by atoms with Gasteiger partial charge in [0.1, 0.15) is 0 Å². The highest BCUT2D eigenvalue weighted by molar-refractivity contribution is 5.10. The summed E-state index contributed by atoms with van der Waals surface area (Å²) in [5, 5.41) is 0. The van der Waals surface area contributed by atoms with Crippen LogP contribution in [0.1, 0.15) is 64.2 Å². The van der Waals surface area contributed by atoms with Crippen molar-refractivity contribution in [3.05, 3.63) is 36.5 Å². The molecule has 0 heteroatoms. The summed E-state index contributed by atoms with van der Waals surface area (Å²) in [6.45, 7) is 0. The molecule has 0 saturated carbocycles. The highest BCUT2D eigenvalue weighted by Crippen LogP contribution is 2.11. The molecule has 0 spiro atoms. The molecular weight excluding hydrogens is 192 g/mol. The second-order valence-electron chi connectivity index (χ2n) is 4.65. The molecule has 0 aromatic carbocycles. The fourth-order valence-corrected chi connectivity index (χ4v) is 2.06. The average Bonchev–Trinajstić information content (AvgIpc) is 2.29. The fraction of sp³-hybridized carbons (Fsp3) is 0.625. The van der Waals surface area contributed by atoms with Crippen molar-refractivity contribution in [2.24, 2.45) is 0 Å². The standard InChI is InChI=1S/C16H26/c1-2-4-6-8-10-12-14-16-15-13-11-9-7-5-3-1/h1-6H,7-16H2. The van der Waals surface area contributed by atoms with Crippen LogP contribution in [0, 0.1) is 0 Å². The van der Waals surface area contributed by atoms with Gasteiger partial charge in [-0.2, -0.15) is 0 Å². The lowest BCUT2D eigenvalue weighted by molar-refractivity contribution is 0.571. The molecule has 90 valence electrons. The predicted octanol–water partition coefficient (Wildman–Crippen LogP) is 5.57. The molecule has 0 radical (unpaired) electrons. The minimum absolute atomic E-state index is 1.24. The first-order chi connectivity index (χ1) is 8.00. The Kier molecular flexibility index (Phi) is 8.91. The van der Waals surface area contributed by atoms with Gasteiger partial charge in [0.25, 0.3) is 0 Å². The summed E-state index contributed by atoms with van der Waals surface area (Å²) in [4.78, 5) is 0. The summed E-state index contributed by atoms with van der Waals surface area (Å²) < 4.78 is 0. The van der Waals surface area contributed by atoms with Crippen molar-refractivity contribution in [3.63, 3.8) is 0 Å². The minimum atomic E-state index is 1.24. The van der Waals surface area contributed by atoms with Gasteiger partial charge in [-0.1, -0.05) is 75.0 Å². The second kappa shape index (κ2) is 10.7. The van der Waals surface area contributed by atoms with Gasteiger partial charge >= 0.3 is 0 Å². The van der Waals surface area contributed by atoms with Crippen LogP contribution in [0.5, 0.6) is 0 Å². The lowest BCUT2D eigenvalue weighted by Crippen LogP contribution is -1.81. The Labute approximate surface area is 101 Å². The van der Waals surface area contributed by atoms with E-state index in [1.54, 1.807) is 0 Å². The molecule has 0 aromatic rings. The Morgan fingerprint density at radius 2 is 0.750 bits per heavy atom. The van der Waals surface area contributed by atoms with E-state index >= 15 is 0 Å². The number of rotatable bonds is 0. The lowest BCUT2D eigenvalue weighted by atomic mass is 10.1. The highest BCUT2D eigenvalue weighted by Gasteiger charge is 1.91. The topological polar surface area (TPSA) is 0 Å². The zero-order valence-corrected chi connectivity index (χ0v) is 10.5. The molecule has 0 saturated heterocycles. The second-order valence-corrected chi connectivity index (χ2v) is 4.65. The minimum Gasteiger partial charge on any atom is -0.0845 e. The zero-order chi connectivity index (χ0) is 11.3. The largest absolute Gasteiger partial charge is 0.0845 e. The lowest BCUT2D eigenvalue weighted by Gasteiger charge is -2.00. The van der Waals surface area contributed by atoms with Crippen LogP contribution in [0.4, 0.5) is 0 Å². The van der Waals surface area contributed by atoms with Gasteiger partial charge in [-0.25, -0.2) is 0 Å². The number of hydrogen-bond donors (Lipinski definition) is 0. The van der Waals surface area contributed by atoms with Crippen molar-refractivity contribution < 1.29 is 0 Å². The molecule has 0 atom stereocenters. The molecule has 0 amide bonds. The van der Waals surface area contributed by atoms with Crippen molar-refractivity contribution in [1.29, 1.82) is 0 Å². The summed E-state index contributed by atoms with van der Waals surface area (Å²) >= 11 is 0. The zero-order valence-electron chi connectivity index (χ0n) is 10.5. The van der Waals surface area contributed by atoms with Crippen LogP contribution in [-0.2, 0) is 0 Å². The van der Waals surface area contributed by atoms with E-state index in [4.69, 9.17) is 0 Å². The van der Waals surface area contributed by atoms with Gasteiger partial charge in [0.15, 0.2) is 0 Å². The Morgan fingerprint density at radius 1 is 0.375 bits per heavy atom. The van der Waals surface area contributed by atoms with E-state index in [-0.39, 0.29) is 0 Å². The Balaban J connectivity index is 2.23. The van der Waals surface area contributed by atoms with E-state index in [1.165, 1.54) is 64.2 Å². The predicted molar refractivity (Wildman–Crippen MR) is 73.6 cm³/mol. The van der Waals surface area contributed by atoms with Crippen LogP contribution in [0.15, 0.2) is 36.5 Å². The van der Waals surface area contributed by atoms with Crippen LogP contribution < -0.4 is 0 Å². The first-order valence-corrected chi connectivity index (χ1v) is 6.98. The Morgan fingerprint density at radius 3 is 1.19 bits per heavy atom. The van der Waals surface area contributed by atoms with Crippen molar-refractivity contribution >= 4 is 0 Å². The molecule has 0 bridgehead atoms. The summed E-state index contributed by atoms with van der Waals surface area (Å²) in [5.41, 5.74) is 0. The van der Waals surface area contributed by atoms with Gasteiger partial charge < -0.3 is 0 Å². The molecule has 1 aliphatic carbocycles.